The minimum atomic E-state index is 0.200. The summed E-state index contributed by atoms with van der Waals surface area (Å²) in [6, 6.07) is 9.86. The third-order valence-electron chi connectivity index (χ3n) is 4.32. The number of nitrogens with zero attached hydrogens (tertiary/aromatic N) is 4. The molecule has 0 atom stereocenters. The van der Waals surface area contributed by atoms with Gasteiger partial charge in [-0.25, -0.2) is 9.50 Å². The van der Waals surface area contributed by atoms with E-state index in [9.17, 15) is 4.79 Å². The van der Waals surface area contributed by atoms with Gasteiger partial charge in [0.2, 0.25) is 5.91 Å². The van der Waals surface area contributed by atoms with E-state index >= 15 is 0 Å². The van der Waals surface area contributed by atoms with E-state index in [0.29, 0.717) is 17.2 Å². The molecule has 3 aromatic rings. The van der Waals surface area contributed by atoms with Crippen LogP contribution in [0, 0.1) is 5.92 Å². The highest BCUT2D eigenvalue weighted by Gasteiger charge is 2.33. The molecule has 5 nitrogen and oxygen atoms in total. The van der Waals surface area contributed by atoms with Gasteiger partial charge in [-0.3, -0.25) is 4.79 Å². The Kier molecular flexibility index (Phi) is 3.73. The highest BCUT2D eigenvalue weighted by atomic mass is 35.5. The summed E-state index contributed by atoms with van der Waals surface area (Å²) in [5, 5.41) is 4.82. The van der Waals surface area contributed by atoms with E-state index in [4.69, 9.17) is 11.6 Å². The lowest BCUT2D eigenvalue weighted by molar-refractivity contribution is -0.119. The van der Waals surface area contributed by atoms with Crippen molar-refractivity contribution in [3.63, 3.8) is 0 Å². The molecule has 6 heteroatoms. The van der Waals surface area contributed by atoms with Crippen LogP contribution in [-0.2, 0) is 4.79 Å². The molecule has 1 saturated carbocycles. The van der Waals surface area contributed by atoms with Crippen molar-refractivity contribution in [1.82, 2.24) is 14.6 Å². The fourth-order valence-corrected chi connectivity index (χ4v) is 3.10. The van der Waals surface area contributed by atoms with E-state index in [-0.39, 0.29) is 11.8 Å². The Balaban J connectivity index is 1.77. The van der Waals surface area contributed by atoms with Crippen molar-refractivity contribution in [2.75, 3.05) is 11.4 Å². The first kappa shape index (κ1) is 15.1. The molecule has 2 aromatic heterocycles. The monoisotopic (exact) mass is 340 g/mol. The Hall–Kier alpha value is -2.40. The van der Waals surface area contributed by atoms with E-state index in [1.54, 1.807) is 16.9 Å². The van der Waals surface area contributed by atoms with Crippen LogP contribution in [0.2, 0.25) is 5.02 Å². The number of aromatic nitrogens is 3. The van der Waals surface area contributed by atoms with Crippen LogP contribution in [0.4, 0.5) is 5.69 Å². The highest BCUT2D eigenvalue weighted by molar-refractivity contribution is 6.33. The SMILES string of the molecule is CCN(C(=O)C1CC1)c1cccc(-c2ccnc3c(Cl)cnn23)c1. The van der Waals surface area contributed by atoms with Crippen LogP contribution in [0.15, 0.2) is 42.7 Å². The molecule has 1 amide bonds. The molecule has 0 bridgehead atoms. The second-order valence-electron chi connectivity index (χ2n) is 5.97. The van der Waals surface area contributed by atoms with Crippen LogP contribution < -0.4 is 4.90 Å². The predicted molar refractivity (Wildman–Crippen MR) is 94.2 cm³/mol. The van der Waals surface area contributed by atoms with Crippen LogP contribution in [0.5, 0.6) is 0 Å². The summed E-state index contributed by atoms with van der Waals surface area (Å²) >= 11 is 6.12. The number of hydrogen-bond donors (Lipinski definition) is 0. The Morgan fingerprint density at radius 3 is 2.96 bits per heavy atom. The maximum Gasteiger partial charge on any atom is 0.230 e. The number of halogens is 1. The van der Waals surface area contributed by atoms with Crippen molar-refractivity contribution in [3.8, 4) is 11.3 Å². The third-order valence-corrected chi connectivity index (χ3v) is 4.59. The van der Waals surface area contributed by atoms with Crippen molar-refractivity contribution in [3.05, 3.63) is 47.7 Å². The van der Waals surface area contributed by atoms with Gasteiger partial charge >= 0.3 is 0 Å². The Morgan fingerprint density at radius 1 is 1.38 bits per heavy atom. The number of rotatable bonds is 4. The maximum atomic E-state index is 12.5. The summed E-state index contributed by atoms with van der Waals surface area (Å²) in [6.45, 7) is 2.67. The van der Waals surface area contributed by atoms with Crippen LogP contribution in [0.1, 0.15) is 19.8 Å². The van der Waals surface area contributed by atoms with Crippen molar-refractivity contribution in [2.24, 2.45) is 5.92 Å². The van der Waals surface area contributed by atoms with Crippen LogP contribution in [-0.4, -0.2) is 27.0 Å². The molecule has 1 fully saturated rings. The van der Waals surface area contributed by atoms with Crippen molar-refractivity contribution in [1.29, 1.82) is 0 Å². The maximum absolute atomic E-state index is 12.5. The van der Waals surface area contributed by atoms with Gasteiger partial charge in [0.15, 0.2) is 5.65 Å². The zero-order valence-electron chi connectivity index (χ0n) is 13.3. The number of anilines is 1. The molecule has 0 aliphatic heterocycles. The van der Waals surface area contributed by atoms with Gasteiger partial charge in [0.25, 0.3) is 0 Å². The smallest absolute Gasteiger partial charge is 0.230 e. The summed E-state index contributed by atoms with van der Waals surface area (Å²) in [5.74, 6) is 0.419. The first-order valence-corrected chi connectivity index (χ1v) is 8.47. The fraction of sp³-hybridized carbons (Fsp3) is 0.278. The van der Waals surface area contributed by atoms with Gasteiger partial charge in [0.1, 0.15) is 5.02 Å². The van der Waals surface area contributed by atoms with Crippen LogP contribution >= 0.6 is 11.6 Å². The molecule has 122 valence electrons. The molecular weight excluding hydrogens is 324 g/mol. The normalized spacial score (nSPS) is 14.1. The summed E-state index contributed by atoms with van der Waals surface area (Å²) in [4.78, 5) is 18.6. The van der Waals surface area contributed by atoms with E-state index in [1.165, 1.54) is 0 Å². The Labute approximate surface area is 144 Å². The number of carbonyl (C=O) groups excluding carboxylic acids is 1. The summed E-state index contributed by atoms with van der Waals surface area (Å²) in [5.41, 5.74) is 3.40. The lowest BCUT2D eigenvalue weighted by atomic mass is 10.1. The van der Waals surface area contributed by atoms with E-state index in [1.807, 2.05) is 42.2 Å². The third kappa shape index (κ3) is 2.55. The minimum Gasteiger partial charge on any atom is -0.312 e. The molecule has 1 aliphatic rings. The number of hydrogen-bond acceptors (Lipinski definition) is 3. The van der Waals surface area contributed by atoms with E-state index in [0.717, 1.165) is 29.8 Å². The standard InChI is InChI=1S/C18H17ClN4O/c1-2-22(18(24)12-6-7-12)14-5-3-4-13(10-14)16-8-9-20-17-15(19)11-21-23(16)17/h3-5,8-12H,2,6-7H2,1H3. The molecule has 0 N–H and O–H groups in total. The van der Waals surface area contributed by atoms with Crippen molar-refractivity contribution < 1.29 is 4.79 Å². The number of benzene rings is 1. The predicted octanol–water partition coefficient (Wildman–Crippen LogP) is 3.81. The van der Waals surface area contributed by atoms with Crippen LogP contribution in [0.3, 0.4) is 0 Å². The molecule has 1 aromatic carbocycles. The average molecular weight is 341 g/mol. The number of fused-ring (bicyclic) bond motifs is 1. The minimum absolute atomic E-state index is 0.200. The molecule has 0 spiro atoms. The molecule has 0 radical (unpaired) electrons. The lowest BCUT2D eigenvalue weighted by Crippen LogP contribution is -2.31. The number of amides is 1. The quantitative estimate of drug-likeness (QED) is 0.725. The van der Waals surface area contributed by atoms with Crippen LogP contribution in [0.25, 0.3) is 16.9 Å². The highest BCUT2D eigenvalue weighted by Crippen LogP contribution is 2.34. The van der Waals surface area contributed by atoms with Crippen molar-refractivity contribution >= 4 is 28.8 Å². The topological polar surface area (TPSA) is 50.5 Å². The molecule has 2 heterocycles. The molecule has 24 heavy (non-hydrogen) atoms. The zero-order chi connectivity index (χ0) is 16.7. The molecule has 0 unspecified atom stereocenters. The second kappa shape index (κ2) is 5.91. The summed E-state index contributed by atoms with van der Waals surface area (Å²) < 4.78 is 1.72. The van der Waals surface area contributed by atoms with Gasteiger partial charge in [-0.15, -0.1) is 0 Å². The van der Waals surface area contributed by atoms with E-state index in [2.05, 4.69) is 10.1 Å². The van der Waals surface area contributed by atoms with Gasteiger partial charge in [0.05, 0.1) is 11.9 Å². The van der Waals surface area contributed by atoms with Gasteiger partial charge in [-0.2, -0.15) is 5.10 Å². The van der Waals surface area contributed by atoms with Gasteiger partial charge in [-0.05, 0) is 38.0 Å². The summed E-state index contributed by atoms with van der Waals surface area (Å²) in [7, 11) is 0. The molecule has 4 rings (SSSR count). The average Bonchev–Trinajstić information content (AvgIpc) is 3.39. The fourth-order valence-electron chi connectivity index (χ4n) is 2.93. The van der Waals surface area contributed by atoms with E-state index < -0.39 is 0 Å². The van der Waals surface area contributed by atoms with Gasteiger partial charge in [0, 0.05) is 29.9 Å². The van der Waals surface area contributed by atoms with Gasteiger partial charge < -0.3 is 4.90 Å². The summed E-state index contributed by atoms with van der Waals surface area (Å²) in [6.07, 6.45) is 5.32. The number of carbonyl (C=O) groups is 1. The van der Waals surface area contributed by atoms with Crippen molar-refractivity contribution in [2.45, 2.75) is 19.8 Å². The first-order valence-electron chi connectivity index (χ1n) is 8.09. The Morgan fingerprint density at radius 2 is 2.21 bits per heavy atom. The largest absolute Gasteiger partial charge is 0.312 e. The molecule has 0 saturated heterocycles. The van der Waals surface area contributed by atoms with Gasteiger partial charge in [-0.1, -0.05) is 23.7 Å². The second-order valence-corrected chi connectivity index (χ2v) is 6.37. The molecular formula is C18H17ClN4O. The first-order chi connectivity index (χ1) is 11.7. The Bertz CT molecular complexity index is 916. The molecule has 1 aliphatic carbocycles. The zero-order valence-corrected chi connectivity index (χ0v) is 14.1. The lowest BCUT2D eigenvalue weighted by Gasteiger charge is -2.21.